The Balaban J connectivity index is 2.12. The summed E-state index contributed by atoms with van der Waals surface area (Å²) < 4.78 is 0. The highest BCUT2D eigenvalue weighted by atomic mass is 16.1. The van der Waals surface area contributed by atoms with Crippen molar-refractivity contribution in [2.24, 2.45) is 11.7 Å². The van der Waals surface area contributed by atoms with E-state index in [1.165, 1.54) is 5.56 Å². The lowest BCUT2D eigenvalue weighted by Gasteiger charge is -2.08. The zero-order valence-electron chi connectivity index (χ0n) is 10.5. The number of hydrogen-bond acceptors (Lipinski definition) is 2. The molecular formula is C14H22N2O. The summed E-state index contributed by atoms with van der Waals surface area (Å²) >= 11 is 0. The standard InChI is InChI=1S/C14H22N2O/c1-12(11-15)7-8-14(17)16-10-9-13-5-3-2-4-6-13/h2-6,12H,7-11,15H2,1H3,(H,16,17). The zero-order valence-corrected chi connectivity index (χ0v) is 10.5. The van der Waals surface area contributed by atoms with Gasteiger partial charge in [0.05, 0.1) is 0 Å². The van der Waals surface area contributed by atoms with Crippen molar-refractivity contribution in [3.8, 4) is 0 Å². The van der Waals surface area contributed by atoms with Crippen LogP contribution in [-0.4, -0.2) is 19.0 Å². The smallest absolute Gasteiger partial charge is 0.220 e. The third kappa shape index (κ3) is 6.07. The molecule has 0 aromatic heterocycles. The molecule has 1 rings (SSSR count). The quantitative estimate of drug-likeness (QED) is 0.754. The molecule has 17 heavy (non-hydrogen) atoms. The van der Waals surface area contributed by atoms with Gasteiger partial charge in [-0.2, -0.15) is 0 Å². The molecule has 94 valence electrons. The molecule has 0 aliphatic carbocycles. The minimum atomic E-state index is 0.126. The molecule has 0 saturated heterocycles. The summed E-state index contributed by atoms with van der Waals surface area (Å²) in [5.74, 6) is 0.552. The van der Waals surface area contributed by atoms with Crippen LogP contribution in [0.1, 0.15) is 25.3 Å². The Hall–Kier alpha value is -1.35. The minimum absolute atomic E-state index is 0.126. The fourth-order valence-electron chi connectivity index (χ4n) is 1.57. The zero-order chi connectivity index (χ0) is 12.5. The first-order chi connectivity index (χ1) is 8.22. The molecule has 0 spiro atoms. The summed E-state index contributed by atoms with van der Waals surface area (Å²) in [5, 5.41) is 2.93. The number of rotatable bonds is 7. The van der Waals surface area contributed by atoms with Gasteiger partial charge in [0.2, 0.25) is 5.91 Å². The molecule has 0 radical (unpaired) electrons. The average Bonchev–Trinajstić information content (AvgIpc) is 2.37. The summed E-state index contributed by atoms with van der Waals surface area (Å²) in [6, 6.07) is 10.2. The van der Waals surface area contributed by atoms with E-state index >= 15 is 0 Å². The Morgan fingerprint density at radius 2 is 2.06 bits per heavy atom. The van der Waals surface area contributed by atoms with Crippen LogP contribution in [0.15, 0.2) is 30.3 Å². The number of carbonyl (C=O) groups excluding carboxylic acids is 1. The maximum Gasteiger partial charge on any atom is 0.220 e. The Kier molecular flexibility index (Phi) is 6.33. The lowest BCUT2D eigenvalue weighted by Crippen LogP contribution is -2.26. The van der Waals surface area contributed by atoms with Gasteiger partial charge in [0, 0.05) is 13.0 Å². The normalized spacial score (nSPS) is 12.1. The van der Waals surface area contributed by atoms with E-state index < -0.39 is 0 Å². The lowest BCUT2D eigenvalue weighted by molar-refractivity contribution is -0.121. The molecule has 0 saturated carbocycles. The van der Waals surface area contributed by atoms with Gasteiger partial charge in [-0.25, -0.2) is 0 Å². The van der Waals surface area contributed by atoms with Gasteiger partial charge in [-0.15, -0.1) is 0 Å². The van der Waals surface area contributed by atoms with Gasteiger partial charge in [-0.3, -0.25) is 4.79 Å². The van der Waals surface area contributed by atoms with Gasteiger partial charge in [0.1, 0.15) is 0 Å². The fraction of sp³-hybridized carbons (Fsp3) is 0.500. The van der Waals surface area contributed by atoms with Crippen molar-refractivity contribution in [2.45, 2.75) is 26.2 Å². The lowest BCUT2D eigenvalue weighted by atomic mass is 10.1. The highest BCUT2D eigenvalue weighted by molar-refractivity contribution is 5.75. The minimum Gasteiger partial charge on any atom is -0.356 e. The average molecular weight is 234 g/mol. The number of amides is 1. The van der Waals surface area contributed by atoms with Gasteiger partial charge in [-0.1, -0.05) is 37.3 Å². The Morgan fingerprint density at radius 1 is 1.35 bits per heavy atom. The van der Waals surface area contributed by atoms with Crippen LogP contribution < -0.4 is 11.1 Å². The largest absolute Gasteiger partial charge is 0.356 e. The Morgan fingerprint density at radius 3 is 2.71 bits per heavy atom. The maximum absolute atomic E-state index is 11.5. The van der Waals surface area contributed by atoms with E-state index in [2.05, 4.69) is 24.4 Å². The molecule has 1 aromatic rings. The van der Waals surface area contributed by atoms with Crippen molar-refractivity contribution < 1.29 is 4.79 Å². The summed E-state index contributed by atoms with van der Waals surface area (Å²) in [4.78, 5) is 11.5. The highest BCUT2D eigenvalue weighted by Crippen LogP contribution is 2.03. The van der Waals surface area contributed by atoms with E-state index in [4.69, 9.17) is 5.73 Å². The van der Waals surface area contributed by atoms with Crippen molar-refractivity contribution >= 4 is 5.91 Å². The van der Waals surface area contributed by atoms with Crippen molar-refractivity contribution in [1.82, 2.24) is 5.32 Å². The molecule has 0 aliphatic rings. The number of carbonyl (C=O) groups is 1. The van der Waals surface area contributed by atoms with E-state index in [-0.39, 0.29) is 5.91 Å². The Labute approximate surface area is 103 Å². The van der Waals surface area contributed by atoms with Crippen LogP contribution in [0.25, 0.3) is 0 Å². The van der Waals surface area contributed by atoms with Crippen molar-refractivity contribution in [2.75, 3.05) is 13.1 Å². The van der Waals surface area contributed by atoms with Crippen LogP contribution in [0.2, 0.25) is 0 Å². The second-order valence-corrected chi connectivity index (χ2v) is 4.47. The van der Waals surface area contributed by atoms with Gasteiger partial charge < -0.3 is 11.1 Å². The topological polar surface area (TPSA) is 55.1 Å². The van der Waals surface area contributed by atoms with Gasteiger partial charge >= 0.3 is 0 Å². The van der Waals surface area contributed by atoms with Gasteiger partial charge in [-0.05, 0) is 30.9 Å². The molecule has 0 heterocycles. The fourth-order valence-corrected chi connectivity index (χ4v) is 1.57. The third-order valence-electron chi connectivity index (χ3n) is 2.85. The van der Waals surface area contributed by atoms with Gasteiger partial charge in [0.15, 0.2) is 0 Å². The van der Waals surface area contributed by atoms with E-state index in [0.717, 1.165) is 12.8 Å². The molecule has 3 heteroatoms. The molecule has 0 bridgehead atoms. The third-order valence-corrected chi connectivity index (χ3v) is 2.85. The van der Waals surface area contributed by atoms with Crippen LogP contribution in [0.5, 0.6) is 0 Å². The predicted octanol–water partition coefficient (Wildman–Crippen LogP) is 1.72. The first-order valence-corrected chi connectivity index (χ1v) is 6.23. The number of nitrogens with one attached hydrogen (secondary N) is 1. The molecule has 3 nitrogen and oxygen atoms in total. The second kappa shape index (κ2) is 7.85. The molecule has 1 amide bonds. The van der Waals surface area contributed by atoms with Crippen LogP contribution in [0.3, 0.4) is 0 Å². The molecule has 0 fully saturated rings. The van der Waals surface area contributed by atoms with Crippen molar-refractivity contribution in [3.05, 3.63) is 35.9 Å². The van der Waals surface area contributed by atoms with E-state index in [0.29, 0.717) is 25.4 Å². The number of nitrogens with two attached hydrogens (primary N) is 1. The van der Waals surface area contributed by atoms with Crippen LogP contribution >= 0.6 is 0 Å². The van der Waals surface area contributed by atoms with Crippen LogP contribution in [-0.2, 0) is 11.2 Å². The highest BCUT2D eigenvalue weighted by Gasteiger charge is 2.04. The maximum atomic E-state index is 11.5. The summed E-state index contributed by atoms with van der Waals surface area (Å²) in [5.41, 5.74) is 6.76. The van der Waals surface area contributed by atoms with Crippen LogP contribution in [0, 0.1) is 5.92 Å². The first kappa shape index (κ1) is 13.7. The summed E-state index contributed by atoms with van der Waals surface area (Å²) in [6.45, 7) is 3.42. The molecule has 3 N–H and O–H groups in total. The SMILES string of the molecule is CC(CN)CCC(=O)NCCc1ccccc1. The molecule has 1 atom stereocenters. The molecular weight excluding hydrogens is 212 g/mol. The molecule has 0 aliphatic heterocycles. The van der Waals surface area contributed by atoms with E-state index in [1.54, 1.807) is 0 Å². The number of hydrogen-bond donors (Lipinski definition) is 2. The first-order valence-electron chi connectivity index (χ1n) is 6.23. The summed E-state index contributed by atoms with van der Waals surface area (Å²) in [7, 11) is 0. The number of benzene rings is 1. The Bertz CT molecular complexity index is 324. The molecule has 1 aromatic carbocycles. The monoisotopic (exact) mass is 234 g/mol. The summed E-state index contributed by atoms with van der Waals surface area (Å²) in [6.07, 6.45) is 2.33. The van der Waals surface area contributed by atoms with Crippen molar-refractivity contribution in [3.63, 3.8) is 0 Å². The van der Waals surface area contributed by atoms with Gasteiger partial charge in [0.25, 0.3) is 0 Å². The predicted molar refractivity (Wildman–Crippen MR) is 70.6 cm³/mol. The van der Waals surface area contributed by atoms with E-state index in [1.807, 2.05) is 18.2 Å². The second-order valence-electron chi connectivity index (χ2n) is 4.47. The van der Waals surface area contributed by atoms with E-state index in [9.17, 15) is 4.79 Å². The molecule has 1 unspecified atom stereocenters. The van der Waals surface area contributed by atoms with Crippen molar-refractivity contribution in [1.29, 1.82) is 0 Å². The van der Waals surface area contributed by atoms with Crippen LogP contribution in [0.4, 0.5) is 0 Å².